The summed E-state index contributed by atoms with van der Waals surface area (Å²) in [6.07, 6.45) is -2.67. The Morgan fingerprint density at radius 1 is 1.05 bits per heavy atom. The van der Waals surface area contributed by atoms with Crippen LogP contribution in [0, 0.1) is 0 Å². The molecule has 0 atom stereocenters. The molecule has 0 fully saturated rings. The molecule has 0 bridgehead atoms. The maximum absolute atomic E-state index is 11.9. The molecule has 0 radical (unpaired) electrons. The average molecular weight is 313 g/mol. The zero-order chi connectivity index (χ0) is 16.0. The Balaban J connectivity index is 0. The molecule has 0 spiro atoms. The van der Waals surface area contributed by atoms with Gasteiger partial charge in [-0.3, -0.25) is 0 Å². The minimum absolute atomic E-state index is 0.0632. The number of benzene rings is 1. The summed E-state index contributed by atoms with van der Waals surface area (Å²) in [4.78, 5) is 0. The monoisotopic (exact) mass is 313 g/mol. The van der Waals surface area contributed by atoms with Gasteiger partial charge in [-0.2, -0.15) is 25.8 Å². The third-order valence-corrected chi connectivity index (χ3v) is 1.62. The first-order valence-corrected chi connectivity index (χ1v) is 6.98. The molecule has 0 unspecified atom stereocenters. The normalized spacial score (nSPS) is 9.60. The molecule has 3 nitrogen and oxygen atoms in total. The van der Waals surface area contributed by atoms with Gasteiger partial charge in [0, 0.05) is 6.54 Å². The van der Waals surface area contributed by atoms with Gasteiger partial charge in [0.2, 0.25) is 0 Å². The van der Waals surface area contributed by atoms with Crippen LogP contribution in [-0.4, -0.2) is 32.2 Å². The highest BCUT2D eigenvalue weighted by Crippen LogP contribution is 2.28. The van der Waals surface area contributed by atoms with E-state index in [0.717, 1.165) is 0 Å². The second-order valence-corrected chi connectivity index (χ2v) is 2.99. The Morgan fingerprint density at radius 3 is 1.90 bits per heavy atom. The number of thiol groups is 1. The maximum atomic E-state index is 11.9. The predicted octanol–water partition coefficient (Wildman–Crippen LogP) is 3.54. The van der Waals surface area contributed by atoms with E-state index >= 15 is 0 Å². The van der Waals surface area contributed by atoms with Crippen LogP contribution in [0.2, 0.25) is 0 Å². The van der Waals surface area contributed by atoms with Crippen LogP contribution >= 0.6 is 12.6 Å². The average Bonchev–Trinajstić information content (AvgIpc) is 2.47. The molecule has 7 heteroatoms. The molecule has 118 valence electrons. The molecule has 0 aromatic heterocycles. The van der Waals surface area contributed by atoms with Gasteiger partial charge in [0.15, 0.2) is 18.1 Å². The Hall–Kier alpha value is -1.08. The van der Waals surface area contributed by atoms with Gasteiger partial charge in [-0.25, -0.2) is 0 Å². The first-order chi connectivity index (χ1) is 9.53. The van der Waals surface area contributed by atoms with Crippen molar-refractivity contribution >= 4 is 12.6 Å². The van der Waals surface area contributed by atoms with Gasteiger partial charge in [-0.1, -0.05) is 26.0 Å². The Labute approximate surface area is 123 Å². The molecule has 20 heavy (non-hydrogen) atoms. The van der Waals surface area contributed by atoms with Gasteiger partial charge >= 0.3 is 6.18 Å². The lowest BCUT2D eigenvalue weighted by Crippen LogP contribution is -2.19. The lowest BCUT2D eigenvalue weighted by Gasteiger charge is -2.13. The van der Waals surface area contributed by atoms with Crippen molar-refractivity contribution in [1.29, 1.82) is 0 Å². The summed E-state index contributed by atoms with van der Waals surface area (Å²) in [5.41, 5.74) is 5.22. The number of hydrogen-bond acceptors (Lipinski definition) is 4. The van der Waals surface area contributed by atoms with E-state index in [1.54, 1.807) is 18.4 Å². The van der Waals surface area contributed by atoms with Crippen LogP contribution in [0.15, 0.2) is 24.3 Å². The van der Waals surface area contributed by atoms with E-state index in [1.807, 2.05) is 13.8 Å². The van der Waals surface area contributed by atoms with Gasteiger partial charge in [-0.15, -0.1) is 0 Å². The fourth-order valence-electron chi connectivity index (χ4n) is 1.02. The molecule has 1 rings (SSSR count). The third-order valence-electron chi connectivity index (χ3n) is 1.62. The summed E-state index contributed by atoms with van der Waals surface area (Å²) in [6.45, 7) is 3.18. The molecule has 2 N–H and O–H groups in total. The van der Waals surface area contributed by atoms with Crippen molar-refractivity contribution in [3.63, 3.8) is 0 Å². The second kappa shape index (κ2) is 12.9. The van der Waals surface area contributed by atoms with Gasteiger partial charge in [-0.05, 0) is 18.4 Å². The standard InChI is InChI=1S/C10H12F3NO2.C2H6.CH4S/c11-10(12,13)7-16-9-4-2-1-3-8(9)15-6-5-14;2*1-2/h1-4H,5-7,14H2;1-2H3;2H,1H3. The number of halogens is 3. The fourth-order valence-corrected chi connectivity index (χ4v) is 1.02. The topological polar surface area (TPSA) is 44.5 Å². The van der Waals surface area contributed by atoms with E-state index in [4.69, 9.17) is 10.5 Å². The summed E-state index contributed by atoms with van der Waals surface area (Å²) < 4.78 is 45.6. The minimum atomic E-state index is -4.36. The van der Waals surface area contributed by atoms with Gasteiger partial charge in [0.25, 0.3) is 0 Å². The highest BCUT2D eigenvalue weighted by molar-refractivity contribution is 7.79. The Kier molecular flexibility index (Phi) is 13.7. The van der Waals surface area contributed by atoms with Crippen LogP contribution in [0.25, 0.3) is 0 Å². The molecule has 0 heterocycles. The number of para-hydroxylation sites is 2. The molecule has 1 aromatic carbocycles. The maximum Gasteiger partial charge on any atom is 0.422 e. The van der Waals surface area contributed by atoms with Crippen molar-refractivity contribution in [3.8, 4) is 11.5 Å². The molecular weight excluding hydrogens is 291 g/mol. The molecule has 0 aliphatic carbocycles. The van der Waals surface area contributed by atoms with E-state index in [1.165, 1.54) is 12.1 Å². The van der Waals surface area contributed by atoms with Crippen LogP contribution in [0.5, 0.6) is 11.5 Å². The molecule has 0 saturated heterocycles. The molecule has 0 aliphatic rings. The number of rotatable bonds is 5. The van der Waals surface area contributed by atoms with Crippen LogP contribution in [-0.2, 0) is 0 Å². The largest absolute Gasteiger partial charge is 0.488 e. The first kappa shape index (κ1) is 21.2. The van der Waals surface area contributed by atoms with E-state index in [-0.39, 0.29) is 24.7 Å². The van der Waals surface area contributed by atoms with Crippen LogP contribution in [0.4, 0.5) is 13.2 Å². The fraction of sp³-hybridized carbons (Fsp3) is 0.538. The second-order valence-electron chi connectivity index (χ2n) is 2.99. The number of nitrogens with two attached hydrogens (primary N) is 1. The van der Waals surface area contributed by atoms with E-state index in [9.17, 15) is 13.2 Å². The highest BCUT2D eigenvalue weighted by Gasteiger charge is 2.28. The van der Waals surface area contributed by atoms with Gasteiger partial charge in [0.1, 0.15) is 6.61 Å². The summed E-state index contributed by atoms with van der Waals surface area (Å²) in [5, 5.41) is 0. The van der Waals surface area contributed by atoms with Crippen molar-refractivity contribution < 1.29 is 22.6 Å². The van der Waals surface area contributed by atoms with Crippen molar-refractivity contribution in [1.82, 2.24) is 0 Å². The van der Waals surface area contributed by atoms with Crippen molar-refractivity contribution in [2.24, 2.45) is 5.73 Å². The Bertz CT molecular complexity index is 336. The van der Waals surface area contributed by atoms with Crippen molar-refractivity contribution in [3.05, 3.63) is 24.3 Å². The summed E-state index contributed by atoms with van der Waals surface area (Å²) >= 11 is 3.53. The van der Waals surface area contributed by atoms with Gasteiger partial charge < -0.3 is 15.2 Å². The zero-order valence-electron chi connectivity index (χ0n) is 11.9. The molecular formula is C13H22F3NO2S. The SMILES string of the molecule is CC.CS.NCCOc1ccccc1OCC(F)(F)F. The molecule has 1 aromatic rings. The lowest BCUT2D eigenvalue weighted by atomic mass is 10.3. The minimum Gasteiger partial charge on any atom is -0.488 e. The summed E-state index contributed by atoms with van der Waals surface area (Å²) in [7, 11) is 0. The molecule has 0 aliphatic heterocycles. The van der Waals surface area contributed by atoms with Crippen molar-refractivity contribution in [2.75, 3.05) is 26.0 Å². The first-order valence-electron chi connectivity index (χ1n) is 6.09. The van der Waals surface area contributed by atoms with E-state index in [2.05, 4.69) is 17.4 Å². The summed E-state index contributed by atoms with van der Waals surface area (Å²) in [5.74, 6) is 0.325. The quantitative estimate of drug-likeness (QED) is 0.817. The lowest BCUT2D eigenvalue weighted by molar-refractivity contribution is -0.153. The van der Waals surface area contributed by atoms with E-state index in [0.29, 0.717) is 0 Å². The van der Waals surface area contributed by atoms with Crippen molar-refractivity contribution in [2.45, 2.75) is 20.0 Å². The number of ether oxygens (including phenoxy) is 2. The van der Waals surface area contributed by atoms with Crippen LogP contribution in [0.1, 0.15) is 13.8 Å². The van der Waals surface area contributed by atoms with Crippen LogP contribution < -0.4 is 15.2 Å². The Morgan fingerprint density at radius 2 is 1.50 bits per heavy atom. The predicted molar refractivity (Wildman–Crippen MR) is 78.8 cm³/mol. The number of alkyl halides is 3. The van der Waals surface area contributed by atoms with Crippen LogP contribution in [0.3, 0.4) is 0 Å². The zero-order valence-corrected chi connectivity index (χ0v) is 12.8. The smallest absolute Gasteiger partial charge is 0.422 e. The third kappa shape index (κ3) is 10.8. The highest BCUT2D eigenvalue weighted by atomic mass is 32.1. The van der Waals surface area contributed by atoms with Gasteiger partial charge in [0.05, 0.1) is 0 Å². The van der Waals surface area contributed by atoms with E-state index < -0.39 is 12.8 Å². The molecule has 0 amide bonds. The summed E-state index contributed by atoms with van der Waals surface area (Å²) in [6, 6.07) is 6.16. The number of hydrogen-bond donors (Lipinski definition) is 2. The molecule has 0 saturated carbocycles.